The fourth-order valence-electron chi connectivity index (χ4n) is 1.21. The largest absolute Gasteiger partial charge is 0.477 e. The van der Waals surface area contributed by atoms with E-state index in [4.69, 9.17) is 21.6 Å². The second kappa shape index (κ2) is 7.18. The normalized spacial score (nSPS) is 9.47. The van der Waals surface area contributed by atoms with Gasteiger partial charge in [-0.05, 0) is 12.1 Å². The fraction of sp³-hybridized carbons (Fsp3) is 0.273. The zero-order valence-corrected chi connectivity index (χ0v) is 10.5. The first kappa shape index (κ1) is 14.7. The first-order valence-corrected chi connectivity index (χ1v) is 5.62. The van der Waals surface area contributed by atoms with Crippen LogP contribution in [0.1, 0.15) is 6.42 Å². The number of amides is 1. The van der Waals surface area contributed by atoms with Crippen molar-refractivity contribution >= 4 is 23.2 Å². The van der Waals surface area contributed by atoms with Gasteiger partial charge in [0.2, 0.25) is 0 Å². The minimum atomic E-state index is -0.644. The third-order valence-corrected chi connectivity index (χ3v) is 2.27. The number of nitriles is 1. The van der Waals surface area contributed by atoms with Crippen LogP contribution in [-0.2, 0) is 4.79 Å². The molecule has 0 radical (unpaired) electrons. The lowest BCUT2D eigenvalue weighted by molar-refractivity contribution is -0.385. The lowest BCUT2D eigenvalue weighted by Crippen LogP contribution is -2.29. The highest BCUT2D eigenvalue weighted by molar-refractivity contribution is 6.30. The number of carbonyl (C=O) groups excluding carboxylic acids is 1. The molecule has 100 valence electrons. The molecular formula is C11H10ClN3O4. The van der Waals surface area contributed by atoms with Crippen molar-refractivity contribution in [1.82, 2.24) is 5.32 Å². The van der Waals surface area contributed by atoms with Gasteiger partial charge in [0, 0.05) is 17.6 Å². The molecule has 1 rings (SSSR count). The molecule has 0 fully saturated rings. The van der Waals surface area contributed by atoms with Crippen LogP contribution in [0, 0.1) is 21.4 Å². The summed E-state index contributed by atoms with van der Waals surface area (Å²) in [6, 6.07) is 5.76. The topological polar surface area (TPSA) is 105 Å². The predicted molar refractivity (Wildman–Crippen MR) is 66.8 cm³/mol. The number of nitrogens with zero attached hydrogens (tertiary/aromatic N) is 2. The Morgan fingerprint density at radius 3 is 2.95 bits per heavy atom. The quantitative estimate of drug-likeness (QED) is 0.485. The Morgan fingerprint density at radius 1 is 1.58 bits per heavy atom. The van der Waals surface area contributed by atoms with Gasteiger partial charge >= 0.3 is 5.69 Å². The van der Waals surface area contributed by atoms with Gasteiger partial charge < -0.3 is 10.1 Å². The summed E-state index contributed by atoms with van der Waals surface area (Å²) in [6.07, 6.45) is 0.187. The van der Waals surface area contributed by atoms with Crippen molar-refractivity contribution in [2.75, 3.05) is 13.2 Å². The zero-order valence-electron chi connectivity index (χ0n) is 9.76. The summed E-state index contributed by atoms with van der Waals surface area (Å²) < 4.78 is 5.05. The molecule has 0 unspecified atom stereocenters. The molecule has 19 heavy (non-hydrogen) atoms. The van der Waals surface area contributed by atoms with Crippen LogP contribution in [0.4, 0.5) is 5.69 Å². The maximum absolute atomic E-state index is 11.3. The Morgan fingerprint density at radius 2 is 2.32 bits per heavy atom. The number of halogens is 1. The molecule has 8 heteroatoms. The number of hydrogen-bond acceptors (Lipinski definition) is 5. The molecule has 1 aromatic rings. The molecule has 0 aromatic heterocycles. The molecule has 1 N–H and O–H groups in total. The molecule has 0 aliphatic carbocycles. The first-order valence-electron chi connectivity index (χ1n) is 5.25. The van der Waals surface area contributed by atoms with E-state index in [1.54, 1.807) is 0 Å². The van der Waals surface area contributed by atoms with Crippen molar-refractivity contribution in [1.29, 1.82) is 5.26 Å². The van der Waals surface area contributed by atoms with E-state index in [0.717, 1.165) is 6.07 Å². The average molecular weight is 284 g/mol. The molecule has 1 amide bonds. The molecule has 0 bridgehead atoms. The van der Waals surface area contributed by atoms with E-state index in [0.29, 0.717) is 0 Å². The second-order valence-corrected chi connectivity index (χ2v) is 3.85. The minimum Gasteiger partial charge on any atom is -0.477 e. The number of carbonyl (C=O) groups is 1. The summed E-state index contributed by atoms with van der Waals surface area (Å²) in [5, 5.41) is 21.7. The van der Waals surface area contributed by atoms with Crippen LogP contribution >= 0.6 is 11.6 Å². The number of rotatable bonds is 6. The lowest BCUT2D eigenvalue weighted by Gasteiger charge is -2.07. The number of nitro benzene ring substituents is 1. The number of nitro groups is 1. The van der Waals surface area contributed by atoms with Gasteiger partial charge in [0.25, 0.3) is 5.91 Å². The highest BCUT2D eigenvalue weighted by atomic mass is 35.5. The highest BCUT2D eigenvalue weighted by Gasteiger charge is 2.16. The predicted octanol–water partition coefficient (Wildman–Crippen LogP) is 1.66. The molecule has 0 saturated carbocycles. The molecule has 0 heterocycles. The Labute approximate surface area is 113 Å². The molecule has 0 aliphatic rings. The van der Waals surface area contributed by atoms with Crippen LogP contribution in [0.3, 0.4) is 0 Å². The van der Waals surface area contributed by atoms with E-state index < -0.39 is 10.8 Å². The standard InChI is InChI=1S/C11H10ClN3O4/c12-8-2-3-10(9(6-8)15(17)18)19-7-11(16)14-5-1-4-13/h2-3,6H,1,5,7H2,(H,14,16). The van der Waals surface area contributed by atoms with Gasteiger partial charge in [0.15, 0.2) is 12.4 Å². The van der Waals surface area contributed by atoms with Gasteiger partial charge in [0.05, 0.1) is 17.4 Å². The Hall–Kier alpha value is -2.33. The molecule has 0 saturated heterocycles. The van der Waals surface area contributed by atoms with E-state index in [-0.39, 0.29) is 36.0 Å². The summed E-state index contributed by atoms with van der Waals surface area (Å²) >= 11 is 5.64. The van der Waals surface area contributed by atoms with Gasteiger partial charge in [-0.1, -0.05) is 11.6 Å². The van der Waals surface area contributed by atoms with Gasteiger partial charge in [-0.25, -0.2) is 0 Å². The van der Waals surface area contributed by atoms with Crippen LogP contribution in [0.25, 0.3) is 0 Å². The van der Waals surface area contributed by atoms with Crippen molar-refractivity contribution < 1.29 is 14.5 Å². The first-order chi connectivity index (χ1) is 9.04. The molecular weight excluding hydrogens is 274 g/mol. The smallest absolute Gasteiger partial charge is 0.312 e. The minimum absolute atomic E-state index is 0.0372. The summed E-state index contributed by atoms with van der Waals surface area (Å²) in [5.74, 6) is -0.496. The Bertz CT molecular complexity index is 527. The number of ether oxygens (including phenoxy) is 1. The van der Waals surface area contributed by atoms with Gasteiger partial charge in [0.1, 0.15) is 0 Å². The maximum Gasteiger partial charge on any atom is 0.312 e. The molecule has 1 aromatic carbocycles. The van der Waals surface area contributed by atoms with Crippen LogP contribution in [0.5, 0.6) is 5.75 Å². The lowest BCUT2D eigenvalue weighted by atomic mass is 10.3. The van der Waals surface area contributed by atoms with Crippen molar-refractivity contribution in [3.63, 3.8) is 0 Å². The van der Waals surface area contributed by atoms with E-state index in [1.165, 1.54) is 12.1 Å². The third-order valence-electron chi connectivity index (χ3n) is 2.04. The zero-order chi connectivity index (χ0) is 14.3. The summed E-state index contributed by atoms with van der Waals surface area (Å²) in [4.78, 5) is 21.4. The molecule has 0 spiro atoms. The molecule has 0 aliphatic heterocycles. The maximum atomic E-state index is 11.3. The van der Waals surface area contributed by atoms with Crippen LogP contribution in [-0.4, -0.2) is 24.0 Å². The van der Waals surface area contributed by atoms with Gasteiger partial charge in [-0.3, -0.25) is 14.9 Å². The van der Waals surface area contributed by atoms with E-state index >= 15 is 0 Å². The monoisotopic (exact) mass is 283 g/mol. The van der Waals surface area contributed by atoms with Crippen LogP contribution in [0.15, 0.2) is 18.2 Å². The second-order valence-electron chi connectivity index (χ2n) is 3.42. The van der Waals surface area contributed by atoms with Crippen LogP contribution in [0.2, 0.25) is 5.02 Å². The van der Waals surface area contributed by atoms with Crippen molar-refractivity contribution in [2.24, 2.45) is 0 Å². The van der Waals surface area contributed by atoms with Gasteiger partial charge in [-0.15, -0.1) is 0 Å². The van der Waals surface area contributed by atoms with Crippen molar-refractivity contribution in [3.8, 4) is 11.8 Å². The average Bonchev–Trinajstić information content (AvgIpc) is 2.37. The fourth-order valence-corrected chi connectivity index (χ4v) is 1.37. The van der Waals surface area contributed by atoms with E-state index in [2.05, 4.69) is 5.32 Å². The summed E-state index contributed by atoms with van der Waals surface area (Å²) in [5.41, 5.74) is -0.308. The summed E-state index contributed by atoms with van der Waals surface area (Å²) in [6.45, 7) is -0.157. The Balaban J connectivity index is 2.60. The SMILES string of the molecule is N#CCCNC(=O)COc1ccc(Cl)cc1[N+](=O)[O-]. The van der Waals surface area contributed by atoms with Crippen molar-refractivity contribution in [3.05, 3.63) is 33.3 Å². The number of nitrogens with one attached hydrogen (secondary N) is 1. The van der Waals surface area contributed by atoms with E-state index in [9.17, 15) is 14.9 Å². The number of hydrogen-bond donors (Lipinski definition) is 1. The van der Waals surface area contributed by atoms with Crippen molar-refractivity contribution in [2.45, 2.75) is 6.42 Å². The Kier molecular flexibility index (Phi) is 5.57. The molecule has 0 atom stereocenters. The highest BCUT2D eigenvalue weighted by Crippen LogP contribution is 2.29. The van der Waals surface area contributed by atoms with Gasteiger partial charge in [-0.2, -0.15) is 5.26 Å². The molecule has 7 nitrogen and oxygen atoms in total. The summed E-state index contributed by atoms with van der Waals surface area (Å²) in [7, 11) is 0. The number of benzene rings is 1. The van der Waals surface area contributed by atoms with Crippen LogP contribution < -0.4 is 10.1 Å². The third kappa shape index (κ3) is 4.81. The van der Waals surface area contributed by atoms with E-state index in [1.807, 2.05) is 6.07 Å².